The molecule has 0 spiro atoms. The summed E-state index contributed by atoms with van der Waals surface area (Å²) in [4.78, 5) is 24.0. The van der Waals surface area contributed by atoms with Gasteiger partial charge in [-0.15, -0.1) is 0 Å². The van der Waals surface area contributed by atoms with E-state index in [0.29, 0.717) is 16.7 Å². The summed E-state index contributed by atoms with van der Waals surface area (Å²) in [6, 6.07) is 11.7. The number of hydrogen-bond donors (Lipinski definition) is 3. The third-order valence-corrected chi connectivity index (χ3v) is 4.93. The van der Waals surface area contributed by atoms with Crippen LogP contribution in [-0.2, 0) is 18.0 Å². The highest BCUT2D eigenvalue weighted by Crippen LogP contribution is 2.30. The molecule has 1 heterocycles. The van der Waals surface area contributed by atoms with Crippen molar-refractivity contribution in [3.63, 3.8) is 0 Å². The number of nitrogens with zero attached hydrogens (tertiary/aromatic N) is 2. The Balaban J connectivity index is 1.65. The number of aliphatic hydroxyl groups excluding tert-OH is 3. The number of rotatable bonds is 6. The van der Waals surface area contributed by atoms with E-state index in [4.69, 9.17) is 9.84 Å². The van der Waals surface area contributed by atoms with Crippen LogP contribution in [0.1, 0.15) is 29.2 Å². The zero-order valence-electron chi connectivity index (χ0n) is 15.5. The maximum Gasteiger partial charge on any atom is 0.410 e. The molecule has 0 aromatic heterocycles. The normalized spacial score (nSPS) is 19.8. The number of ether oxygens (including phenoxy) is 1. The fourth-order valence-electron chi connectivity index (χ4n) is 3.34. The van der Waals surface area contributed by atoms with Crippen LogP contribution in [0.25, 0.3) is 0 Å². The number of nitro groups is 1. The molecule has 3 N–H and O–H groups in total. The van der Waals surface area contributed by atoms with E-state index in [1.807, 2.05) is 0 Å². The average molecular weight is 402 g/mol. The maximum atomic E-state index is 12.5. The van der Waals surface area contributed by atoms with Crippen molar-refractivity contribution in [2.75, 3.05) is 6.54 Å². The third-order valence-electron chi connectivity index (χ3n) is 4.93. The standard InChI is InChI=1S/C20H22N2O7/c23-11-13-1-5-15(6-2-13)19(25)18-9-17(24)10-21(18)20(26)29-12-14-3-7-16(8-4-14)22(27)28/h1-8,17-19,23-25H,9-12H2/t17-,18+,19?/m1/s1. The smallest absolute Gasteiger partial charge is 0.410 e. The van der Waals surface area contributed by atoms with E-state index in [9.17, 15) is 25.1 Å². The van der Waals surface area contributed by atoms with Gasteiger partial charge in [-0.3, -0.25) is 15.0 Å². The molecular weight excluding hydrogens is 380 g/mol. The van der Waals surface area contributed by atoms with Gasteiger partial charge in [0.05, 0.1) is 36.3 Å². The second-order valence-corrected chi connectivity index (χ2v) is 6.93. The lowest BCUT2D eigenvalue weighted by molar-refractivity contribution is -0.384. The Morgan fingerprint density at radius 2 is 1.79 bits per heavy atom. The van der Waals surface area contributed by atoms with Crippen molar-refractivity contribution >= 4 is 11.8 Å². The Morgan fingerprint density at radius 3 is 2.38 bits per heavy atom. The monoisotopic (exact) mass is 402 g/mol. The molecule has 0 saturated carbocycles. The fourth-order valence-corrected chi connectivity index (χ4v) is 3.34. The van der Waals surface area contributed by atoms with Gasteiger partial charge in [0, 0.05) is 12.1 Å². The first kappa shape index (κ1) is 20.7. The van der Waals surface area contributed by atoms with Crippen LogP contribution in [0.15, 0.2) is 48.5 Å². The summed E-state index contributed by atoms with van der Waals surface area (Å²) in [5.41, 5.74) is 1.79. The summed E-state index contributed by atoms with van der Waals surface area (Å²) in [5, 5.41) is 40.5. The van der Waals surface area contributed by atoms with Crippen LogP contribution in [0.2, 0.25) is 0 Å². The van der Waals surface area contributed by atoms with E-state index in [2.05, 4.69) is 0 Å². The van der Waals surface area contributed by atoms with Crippen LogP contribution in [0.4, 0.5) is 10.5 Å². The lowest BCUT2D eigenvalue weighted by atomic mass is 9.99. The molecule has 2 aromatic carbocycles. The molecule has 29 heavy (non-hydrogen) atoms. The quantitative estimate of drug-likeness (QED) is 0.496. The molecule has 9 nitrogen and oxygen atoms in total. The number of carbonyl (C=O) groups excluding carboxylic acids is 1. The van der Waals surface area contributed by atoms with Gasteiger partial charge in [-0.25, -0.2) is 4.79 Å². The first-order valence-corrected chi connectivity index (χ1v) is 9.11. The Hall–Kier alpha value is -3.01. The summed E-state index contributed by atoms with van der Waals surface area (Å²) in [7, 11) is 0. The topological polar surface area (TPSA) is 133 Å². The third kappa shape index (κ3) is 4.89. The molecular formula is C20H22N2O7. The van der Waals surface area contributed by atoms with Gasteiger partial charge in [-0.05, 0) is 35.2 Å². The number of amides is 1. The number of benzene rings is 2. The predicted octanol–water partition coefficient (Wildman–Crippen LogP) is 1.89. The first-order valence-electron chi connectivity index (χ1n) is 9.11. The molecule has 3 rings (SSSR count). The summed E-state index contributed by atoms with van der Waals surface area (Å²) in [6.07, 6.45) is -2.28. The molecule has 1 saturated heterocycles. The van der Waals surface area contributed by atoms with Gasteiger partial charge >= 0.3 is 6.09 Å². The molecule has 1 aliphatic rings. The van der Waals surface area contributed by atoms with Gasteiger partial charge in [-0.1, -0.05) is 24.3 Å². The Morgan fingerprint density at radius 1 is 1.17 bits per heavy atom. The minimum absolute atomic E-state index is 0.0372. The molecule has 0 aliphatic carbocycles. The number of β-amino-alcohol motifs (C(OH)–C–C–N with tert-alkyl or cyclic N) is 1. The lowest BCUT2D eigenvalue weighted by Gasteiger charge is -2.28. The molecule has 2 aromatic rings. The van der Waals surface area contributed by atoms with Crippen LogP contribution in [0, 0.1) is 10.1 Å². The van der Waals surface area contributed by atoms with Crippen molar-refractivity contribution in [3.8, 4) is 0 Å². The Labute approximate surface area is 166 Å². The van der Waals surface area contributed by atoms with Gasteiger partial charge in [0.15, 0.2) is 0 Å². The van der Waals surface area contributed by atoms with E-state index in [0.717, 1.165) is 0 Å². The van der Waals surface area contributed by atoms with E-state index < -0.39 is 29.3 Å². The van der Waals surface area contributed by atoms with E-state index in [-0.39, 0.29) is 31.9 Å². The zero-order valence-corrected chi connectivity index (χ0v) is 15.5. The number of nitro benzene ring substituents is 1. The van der Waals surface area contributed by atoms with Crippen molar-refractivity contribution in [1.29, 1.82) is 0 Å². The second kappa shape index (κ2) is 8.99. The minimum atomic E-state index is -1.02. The Bertz CT molecular complexity index is 854. The van der Waals surface area contributed by atoms with Crippen molar-refractivity contribution < 1.29 is 29.8 Å². The highest BCUT2D eigenvalue weighted by atomic mass is 16.6. The summed E-state index contributed by atoms with van der Waals surface area (Å²) < 4.78 is 5.28. The molecule has 1 fully saturated rings. The molecule has 9 heteroatoms. The van der Waals surface area contributed by atoms with Gasteiger partial charge in [0.2, 0.25) is 0 Å². The van der Waals surface area contributed by atoms with Crippen LogP contribution < -0.4 is 0 Å². The zero-order chi connectivity index (χ0) is 21.0. The summed E-state index contributed by atoms with van der Waals surface area (Å²) in [5.74, 6) is 0. The van der Waals surface area contributed by atoms with Crippen molar-refractivity contribution in [2.45, 2.75) is 37.9 Å². The van der Waals surface area contributed by atoms with Crippen molar-refractivity contribution in [2.24, 2.45) is 0 Å². The van der Waals surface area contributed by atoms with Crippen molar-refractivity contribution in [1.82, 2.24) is 4.90 Å². The van der Waals surface area contributed by atoms with Crippen LogP contribution >= 0.6 is 0 Å². The van der Waals surface area contributed by atoms with Crippen LogP contribution in [-0.4, -0.2) is 49.9 Å². The highest BCUT2D eigenvalue weighted by molar-refractivity contribution is 5.68. The van der Waals surface area contributed by atoms with Gasteiger partial charge in [0.25, 0.3) is 5.69 Å². The molecule has 154 valence electrons. The van der Waals surface area contributed by atoms with Crippen LogP contribution in [0.3, 0.4) is 0 Å². The van der Waals surface area contributed by atoms with Crippen molar-refractivity contribution in [3.05, 3.63) is 75.3 Å². The second-order valence-electron chi connectivity index (χ2n) is 6.93. The van der Waals surface area contributed by atoms with Gasteiger partial charge in [-0.2, -0.15) is 0 Å². The number of carbonyl (C=O) groups is 1. The molecule has 1 aliphatic heterocycles. The fraction of sp³-hybridized carbons (Fsp3) is 0.350. The predicted molar refractivity (Wildman–Crippen MR) is 102 cm³/mol. The average Bonchev–Trinajstić information content (AvgIpc) is 3.13. The van der Waals surface area contributed by atoms with E-state index >= 15 is 0 Å². The molecule has 1 unspecified atom stereocenters. The van der Waals surface area contributed by atoms with E-state index in [1.165, 1.54) is 29.2 Å². The number of likely N-dealkylation sites (tertiary alicyclic amines) is 1. The molecule has 0 bridgehead atoms. The van der Waals surface area contributed by atoms with E-state index in [1.54, 1.807) is 24.3 Å². The summed E-state index contributed by atoms with van der Waals surface area (Å²) in [6.45, 7) is -0.160. The Kier molecular flexibility index (Phi) is 6.42. The highest BCUT2D eigenvalue weighted by Gasteiger charge is 2.40. The summed E-state index contributed by atoms with van der Waals surface area (Å²) >= 11 is 0. The molecule has 0 radical (unpaired) electrons. The number of non-ortho nitro benzene ring substituents is 1. The largest absolute Gasteiger partial charge is 0.445 e. The molecule has 3 atom stereocenters. The number of hydrogen-bond acceptors (Lipinski definition) is 7. The SMILES string of the molecule is O=C(OCc1ccc([N+](=O)[O-])cc1)N1C[C@H](O)C[C@H]1C(O)c1ccc(CO)cc1. The molecule has 1 amide bonds. The lowest BCUT2D eigenvalue weighted by Crippen LogP contribution is -2.39. The number of aliphatic hydroxyl groups is 3. The van der Waals surface area contributed by atoms with Gasteiger partial charge in [0.1, 0.15) is 6.61 Å². The van der Waals surface area contributed by atoms with Crippen LogP contribution in [0.5, 0.6) is 0 Å². The maximum absolute atomic E-state index is 12.5. The van der Waals surface area contributed by atoms with Gasteiger partial charge < -0.3 is 20.1 Å². The first-order chi connectivity index (χ1) is 13.9. The minimum Gasteiger partial charge on any atom is -0.445 e.